The molecule has 0 saturated carbocycles. The van der Waals surface area contributed by atoms with Crippen molar-refractivity contribution in [3.63, 3.8) is 0 Å². The van der Waals surface area contributed by atoms with Crippen LogP contribution in [0, 0.1) is 0 Å². The van der Waals surface area contributed by atoms with Gasteiger partial charge < -0.3 is 13.6 Å². The molecule has 0 amide bonds. The number of aromatic nitrogens is 3. The second-order valence-electron chi connectivity index (χ2n) is 13.5. The monoisotopic (exact) mass is 681 g/mol. The third-order valence-electron chi connectivity index (χ3n) is 10.8. The van der Waals surface area contributed by atoms with E-state index < -0.39 is 0 Å². The molecule has 12 rings (SSSR count). The van der Waals surface area contributed by atoms with Crippen molar-refractivity contribution in [2.24, 2.45) is 0 Å². The summed E-state index contributed by atoms with van der Waals surface area (Å²) in [6.45, 7) is 0. The third-order valence-corrected chi connectivity index (χ3v) is 12.0. The topological polar surface area (TPSA) is 35.9 Å². The normalized spacial score (nSPS) is 12.2. The number of thiophene rings is 1. The van der Waals surface area contributed by atoms with Crippen molar-refractivity contribution in [1.29, 1.82) is 0 Å². The fourth-order valence-corrected chi connectivity index (χ4v) is 9.76. The van der Waals surface area contributed by atoms with E-state index in [0.29, 0.717) is 0 Å². The molecule has 0 aliphatic rings. The molecule has 0 unspecified atom stereocenters. The lowest BCUT2D eigenvalue weighted by atomic mass is 10.0. The van der Waals surface area contributed by atoms with Gasteiger partial charge in [-0.25, -0.2) is 0 Å². The lowest BCUT2D eigenvalue weighted by molar-refractivity contribution is 0.673. The average Bonchev–Trinajstić information content (AvgIpc) is 3.95. The highest BCUT2D eigenvalue weighted by molar-refractivity contribution is 7.26. The Hall–Kier alpha value is -6.69. The number of para-hydroxylation sites is 3. The number of furan rings is 1. The van der Waals surface area contributed by atoms with E-state index in [-0.39, 0.29) is 0 Å². The summed E-state index contributed by atoms with van der Waals surface area (Å²) >= 11 is 1.84. The Balaban J connectivity index is 1.12. The fourth-order valence-electron chi connectivity index (χ4n) is 8.55. The van der Waals surface area contributed by atoms with Crippen LogP contribution in [0.5, 0.6) is 0 Å². The molecule has 0 saturated heterocycles. The van der Waals surface area contributed by atoms with Crippen molar-refractivity contribution in [2.75, 3.05) is 0 Å². The fraction of sp³-hybridized carbons (Fsp3) is 0. The van der Waals surface area contributed by atoms with E-state index in [1.54, 1.807) is 0 Å². The van der Waals surface area contributed by atoms with Crippen LogP contribution in [0.25, 0.3) is 108 Å². The van der Waals surface area contributed by atoms with E-state index in [9.17, 15) is 0 Å². The molecule has 52 heavy (non-hydrogen) atoms. The van der Waals surface area contributed by atoms with E-state index in [1.807, 2.05) is 23.7 Å². The quantitative estimate of drug-likeness (QED) is 0.186. The van der Waals surface area contributed by atoms with Crippen LogP contribution in [-0.4, -0.2) is 14.1 Å². The van der Waals surface area contributed by atoms with Crippen molar-refractivity contribution < 1.29 is 4.42 Å². The predicted molar refractivity (Wildman–Crippen MR) is 219 cm³/mol. The summed E-state index contributed by atoms with van der Waals surface area (Å²) in [7, 11) is 0. The largest absolute Gasteiger partial charge is 0.455 e. The average molecular weight is 682 g/mol. The molecule has 12 aromatic rings. The van der Waals surface area contributed by atoms with Crippen LogP contribution in [0.3, 0.4) is 0 Å². The second kappa shape index (κ2) is 10.4. The number of fused-ring (bicyclic) bond motifs is 13. The van der Waals surface area contributed by atoms with Gasteiger partial charge in [-0.1, -0.05) is 84.9 Å². The van der Waals surface area contributed by atoms with E-state index in [0.717, 1.165) is 27.6 Å². The molecule has 5 aromatic heterocycles. The Morgan fingerprint density at radius 1 is 0.462 bits per heavy atom. The van der Waals surface area contributed by atoms with Crippen LogP contribution in [-0.2, 0) is 0 Å². The summed E-state index contributed by atoms with van der Waals surface area (Å²) in [6, 6.07) is 55.0. The maximum Gasteiger partial charge on any atom is 0.144 e. The van der Waals surface area contributed by atoms with Crippen molar-refractivity contribution in [3.05, 3.63) is 164 Å². The van der Waals surface area contributed by atoms with E-state index >= 15 is 0 Å². The number of hydrogen-bond acceptors (Lipinski definition) is 3. The zero-order valence-electron chi connectivity index (χ0n) is 27.7. The first-order chi connectivity index (χ1) is 25.8. The van der Waals surface area contributed by atoms with Gasteiger partial charge in [-0.3, -0.25) is 4.98 Å². The van der Waals surface area contributed by atoms with Crippen LogP contribution in [0.15, 0.2) is 168 Å². The lowest BCUT2D eigenvalue weighted by Crippen LogP contribution is -1.94. The van der Waals surface area contributed by atoms with Gasteiger partial charge in [0, 0.05) is 65.9 Å². The first kappa shape index (κ1) is 28.1. The van der Waals surface area contributed by atoms with Gasteiger partial charge in [0.2, 0.25) is 0 Å². The Kier molecular flexibility index (Phi) is 5.62. The SMILES string of the molecule is c1ccc2c(c1)oc1c2cc(-n2c3ccccc3c3cc(-c4ccc5c(c4)c4ccccc4n5-c4ccncc4)ccc32)c2sc3ccccc3c21. The zero-order chi connectivity index (χ0) is 33.9. The molecular formula is C47H27N3OS. The molecule has 4 nitrogen and oxygen atoms in total. The van der Waals surface area contributed by atoms with Gasteiger partial charge in [-0.15, -0.1) is 11.3 Å². The molecule has 0 bridgehead atoms. The predicted octanol–water partition coefficient (Wildman–Crippen LogP) is 13.2. The highest BCUT2D eigenvalue weighted by atomic mass is 32.1. The molecular weight excluding hydrogens is 655 g/mol. The van der Waals surface area contributed by atoms with Gasteiger partial charge in [0.05, 0.1) is 32.5 Å². The first-order valence-electron chi connectivity index (χ1n) is 17.5. The molecule has 0 spiro atoms. The van der Waals surface area contributed by atoms with Gasteiger partial charge >= 0.3 is 0 Å². The van der Waals surface area contributed by atoms with E-state index in [4.69, 9.17) is 4.42 Å². The summed E-state index contributed by atoms with van der Waals surface area (Å²) in [6.07, 6.45) is 3.72. The first-order valence-corrected chi connectivity index (χ1v) is 18.3. The Labute approximate surface area is 301 Å². The lowest BCUT2D eigenvalue weighted by Gasteiger charge is -2.11. The van der Waals surface area contributed by atoms with Gasteiger partial charge in [-0.2, -0.15) is 0 Å². The van der Waals surface area contributed by atoms with Crippen LogP contribution in [0.1, 0.15) is 0 Å². The highest BCUT2D eigenvalue weighted by Gasteiger charge is 2.22. The zero-order valence-corrected chi connectivity index (χ0v) is 28.6. The maximum atomic E-state index is 6.62. The van der Waals surface area contributed by atoms with Gasteiger partial charge in [0.1, 0.15) is 11.2 Å². The molecule has 0 fully saturated rings. The Bertz CT molecular complexity index is 3420. The third kappa shape index (κ3) is 3.78. The molecule has 0 radical (unpaired) electrons. The standard InChI is InChI=1S/C47H27N3OS/c1-5-13-38-31(9-1)35-25-28(17-19-40(35)49(38)30-21-23-48-24-22-30)29-18-20-41-36(26-29)32-10-2-6-14-39(32)50(41)42-27-37-33-11-3-7-15-43(33)51-46(37)45-34-12-4-8-16-44(34)52-47(42)45/h1-27H. The number of benzene rings is 7. The minimum atomic E-state index is 0.916. The summed E-state index contributed by atoms with van der Waals surface area (Å²) in [5.74, 6) is 0. The van der Waals surface area contributed by atoms with E-state index in [2.05, 4.69) is 166 Å². The summed E-state index contributed by atoms with van der Waals surface area (Å²) < 4.78 is 13.9. The van der Waals surface area contributed by atoms with Crippen LogP contribution >= 0.6 is 11.3 Å². The molecule has 242 valence electrons. The number of hydrogen-bond donors (Lipinski definition) is 0. The van der Waals surface area contributed by atoms with Crippen LogP contribution in [0.4, 0.5) is 0 Å². The Morgan fingerprint density at radius 3 is 1.77 bits per heavy atom. The molecule has 0 N–H and O–H groups in total. The van der Waals surface area contributed by atoms with Crippen molar-refractivity contribution in [2.45, 2.75) is 0 Å². The summed E-state index contributed by atoms with van der Waals surface area (Å²) in [5, 5.41) is 9.65. The smallest absolute Gasteiger partial charge is 0.144 e. The molecule has 0 aliphatic carbocycles. The molecule has 5 heteroatoms. The molecule has 5 heterocycles. The molecule has 0 atom stereocenters. The maximum absolute atomic E-state index is 6.62. The van der Waals surface area contributed by atoms with Crippen LogP contribution < -0.4 is 0 Å². The van der Waals surface area contributed by atoms with Crippen LogP contribution in [0.2, 0.25) is 0 Å². The van der Waals surface area contributed by atoms with Crippen molar-refractivity contribution in [3.8, 4) is 22.5 Å². The second-order valence-corrected chi connectivity index (χ2v) is 14.6. The summed E-state index contributed by atoms with van der Waals surface area (Å²) in [4.78, 5) is 4.27. The highest BCUT2D eigenvalue weighted by Crippen LogP contribution is 2.47. The number of pyridine rings is 1. The minimum Gasteiger partial charge on any atom is -0.455 e. The van der Waals surface area contributed by atoms with Gasteiger partial charge in [-0.05, 0) is 77.9 Å². The number of rotatable bonds is 3. The summed E-state index contributed by atoms with van der Waals surface area (Å²) in [5.41, 5.74) is 11.3. The minimum absolute atomic E-state index is 0.916. The Morgan fingerprint density at radius 2 is 1.04 bits per heavy atom. The molecule has 0 aliphatic heterocycles. The van der Waals surface area contributed by atoms with E-state index in [1.165, 1.54) is 80.6 Å². The van der Waals surface area contributed by atoms with Gasteiger partial charge in [0.25, 0.3) is 0 Å². The molecule has 7 aromatic carbocycles. The van der Waals surface area contributed by atoms with Crippen molar-refractivity contribution in [1.82, 2.24) is 14.1 Å². The van der Waals surface area contributed by atoms with Crippen molar-refractivity contribution >= 4 is 97.1 Å². The number of nitrogens with zero attached hydrogens (tertiary/aromatic N) is 3. The van der Waals surface area contributed by atoms with Gasteiger partial charge in [0.15, 0.2) is 0 Å².